The zero-order valence-electron chi connectivity index (χ0n) is 8.41. The van der Waals surface area contributed by atoms with Crippen molar-refractivity contribution < 1.29 is 22.7 Å². The van der Waals surface area contributed by atoms with E-state index < -0.39 is 17.7 Å². The van der Waals surface area contributed by atoms with Crippen LogP contribution in [0.1, 0.15) is 5.56 Å². The van der Waals surface area contributed by atoms with Gasteiger partial charge in [0.05, 0.1) is 7.11 Å². The SMILES string of the molecule is COC(=O)/C(=C/c1ccccc1)C(F)(F)F. The van der Waals surface area contributed by atoms with E-state index in [0.29, 0.717) is 5.56 Å². The lowest BCUT2D eigenvalue weighted by molar-refractivity contribution is -0.147. The van der Waals surface area contributed by atoms with Gasteiger partial charge in [-0.3, -0.25) is 0 Å². The fourth-order valence-corrected chi connectivity index (χ4v) is 1.08. The maximum Gasteiger partial charge on any atom is 0.423 e. The van der Waals surface area contributed by atoms with Crippen molar-refractivity contribution in [2.24, 2.45) is 0 Å². The molecule has 1 aromatic carbocycles. The Hall–Kier alpha value is -1.78. The van der Waals surface area contributed by atoms with Gasteiger partial charge in [0.15, 0.2) is 0 Å². The molecule has 0 radical (unpaired) electrons. The maximum absolute atomic E-state index is 12.5. The average molecular weight is 230 g/mol. The van der Waals surface area contributed by atoms with Gasteiger partial charge >= 0.3 is 12.1 Å². The van der Waals surface area contributed by atoms with Crippen LogP contribution in [0.5, 0.6) is 0 Å². The van der Waals surface area contributed by atoms with Gasteiger partial charge < -0.3 is 4.74 Å². The van der Waals surface area contributed by atoms with Gasteiger partial charge in [0.1, 0.15) is 5.57 Å². The van der Waals surface area contributed by atoms with E-state index in [1.807, 2.05) is 0 Å². The summed E-state index contributed by atoms with van der Waals surface area (Å²) in [6.45, 7) is 0. The predicted octanol–water partition coefficient (Wildman–Crippen LogP) is 2.81. The molecule has 0 saturated carbocycles. The Bertz CT molecular complexity index is 393. The second-order valence-corrected chi connectivity index (χ2v) is 2.96. The molecular formula is C11H9F3O2. The molecule has 1 aromatic rings. The van der Waals surface area contributed by atoms with Crippen LogP contribution in [0, 0.1) is 0 Å². The second-order valence-electron chi connectivity index (χ2n) is 2.96. The molecule has 0 heterocycles. The largest absolute Gasteiger partial charge is 0.465 e. The van der Waals surface area contributed by atoms with Crippen molar-refractivity contribution in [1.82, 2.24) is 0 Å². The second kappa shape index (κ2) is 4.83. The summed E-state index contributed by atoms with van der Waals surface area (Å²) in [7, 11) is 0.910. The molecule has 0 saturated heterocycles. The van der Waals surface area contributed by atoms with Gasteiger partial charge in [0, 0.05) is 0 Å². The first-order valence-electron chi connectivity index (χ1n) is 4.37. The topological polar surface area (TPSA) is 26.3 Å². The van der Waals surface area contributed by atoms with Crippen molar-refractivity contribution >= 4 is 12.0 Å². The molecule has 0 amide bonds. The first-order valence-corrected chi connectivity index (χ1v) is 4.37. The van der Waals surface area contributed by atoms with Crippen molar-refractivity contribution in [1.29, 1.82) is 0 Å². The van der Waals surface area contributed by atoms with Crippen molar-refractivity contribution in [3.05, 3.63) is 41.5 Å². The summed E-state index contributed by atoms with van der Waals surface area (Å²) in [5.74, 6) is -1.39. The van der Waals surface area contributed by atoms with E-state index in [2.05, 4.69) is 4.74 Å². The number of carbonyl (C=O) groups is 1. The lowest BCUT2D eigenvalue weighted by Gasteiger charge is -2.09. The third kappa shape index (κ3) is 3.12. The van der Waals surface area contributed by atoms with Crippen LogP contribution in [0.25, 0.3) is 6.08 Å². The van der Waals surface area contributed by atoms with Crippen molar-refractivity contribution in [3.8, 4) is 0 Å². The standard InChI is InChI=1S/C11H9F3O2/c1-16-10(15)9(11(12,13)14)7-8-5-3-2-4-6-8/h2-7H,1H3/b9-7-. The molecule has 16 heavy (non-hydrogen) atoms. The Labute approximate surface area is 90.3 Å². The van der Waals surface area contributed by atoms with Gasteiger partial charge in [-0.25, -0.2) is 4.79 Å². The number of hydrogen-bond acceptors (Lipinski definition) is 2. The maximum atomic E-state index is 12.5. The number of benzene rings is 1. The number of hydrogen-bond donors (Lipinski definition) is 0. The van der Waals surface area contributed by atoms with Gasteiger partial charge in [-0.1, -0.05) is 30.3 Å². The Balaban J connectivity index is 3.12. The van der Waals surface area contributed by atoms with E-state index in [1.165, 1.54) is 12.1 Å². The number of methoxy groups -OCH3 is 1. The molecule has 86 valence electrons. The summed E-state index contributed by atoms with van der Waals surface area (Å²) in [4.78, 5) is 11.0. The van der Waals surface area contributed by atoms with Crippen LogP contribution in [0.2, 0.25) is 0 Å². The zero-order chi connectivity index (χ0) is 12.2. The zero-order valence-corrected chi connectivity index (χ0v) is 8.41. The lowest BCUT2D eigenvalue weighted by Crippen LogP contribution is -2.21. The highest BCUT2D eigenvalue weighted by molar-refractivity contribution is 5.95. The Kier molecular flexibility index (Phi) is 3.71. The number of rotatable bonds is 2. The summed E-state index contributed by atoms with van der Waals surface area (Å²) in [5, 5.41) is 0. The highest BCUT2D eigenvalue weighted by Gasteiger charge is 2.39. The Morgan fingerprint density at radius 3 is 2.25 bits per heavy atom. The van der Waals surface area contributed by atoms with Gasteiger partial charge in [0.25, 0.3) is 0 Å². The Morgan fingerprint density at radius 1 is 1.25 bits per heavy atom. The molecule has 2 nitrogen and oxygen atoms in total. The van der Waals surface area contributed by atoms with Crippen LogP contribution in [0.15, 0.2) is 35.9 Å². The molecular weight excluding hydrogens is 221 g/mol. The molecule has 0 atom stereocenters. The summed E-state index contributed by atoms with van der Waals surface area (Å²) < 4.78 is 41.5. The van der Waals surface area contributed by atoms with Crippen LogP contribution >= 0.6 is 0 Å². The minimum Gasteiger partial charge on any atom is -0.465 e. The molecule has 0 fully saturated rings. The van der Waals surface area contributed by atoms with Crippen LogP contribution in [-0.2, 0) is 9.53 Å². The molecule has 0 aliphatic carbocycles. The Morgan fingerprint density at radius 2 is 1.81 bits per heavy atom. The number of ether oxygens (including phenoxy) is 1. The molecule has 0 bridgehead atoms. The summed E-state index contributed by atoms with van der Waals surface area (Å²) >= 11 is 0. The fourth-order valence-electron chi connectivity index (χ4n) is 1.08. The first-order chi connectivity index (χ1) is 7.45. The van der Waals surface area contributed by atoms with E-state index in [-0.39, 0.29) is 0 Å². The molecule has 0 aromatic heterocycles. The molecule has 0 aliphatic heterocycles. The van der Waals surface area contributed by atoms with Crippen LogP contribution in [-0.4, -0.2) is 19.3 Å². The van der Waals surface area contributed by atoms with E-state index in [4.69, 9.17) is 0 Å². The van der Waals surface area contributed by atoms with E-state index in [1.54, 1.807) is 18.2 Å². The molecule has 0 unspecified atom stereocenters. The van der Waals surface area contributed by atoms with Crippen LogP contribution < -0.4 is 0 Å². The molecule has 5 heteroatoms. The van der Waals surface area contributed by atoms with Gasteiger partial charge in [-0.2, -0.15) is 13.2 Å². The molecule has 0 aliphatic rings. The number of halogens is 3. The minimum absolute atomic E-state index is 0.292. The molecule has 0 N–H and O–H groups in total. The van der Waals surface area contributed by atoms with Gasteiger partial charge in [-0.05, 0) is 11.6 Å². The number of alkyl halides is 3. The quantitative estimate of drug-likeness (QED) is 0.576. The lowest BCUT2D eigenvalue weighted by atomic mass is 10.1. The fraction of sp³-hybridized carbons (Fsp3) is 0.182. The van der Waals surface area contributed by atoms with Crippen LogP contribution in [0.4, 0.5) is 13.2 Å². The highest BCUT2D eigenvalue weighted by Crippen LogP contribution is 2.28. The number of esters is 1. The smallest absolute Gasteiger partial charge is 0.423 e. The first kappa shape index (κ1) is 12.3. The monoisotopic (exact) mass is 230 g/mol. The van der Waals surface area contributed by atoms with Crippen molar-refractivity contribution in [2.45, 2.75) is 6.18 Å². The third-order valence-electron chi connectivity index (χ3n) is 1.82. The molecule has 1 rings (SSSR count). The van der Waals surface area contributed by atoms with E-state index in [9.17, 15) is 18.0 Å². The van der Waals surface area contributed by atoms with Gasteiger partial charge in [-0.15, -0.1) is 0 Å². The van der Waals surface area contributed by atoms with E-state index >= 15 is 0 Å². The summed E-state index contributed by atoms with van der Waals surface area (Å²) in [5.41, 5.74) is -1.03. The summed E-state index contributed by atoms with van der Waals surface area (Å²) in [6, 6.07) is 7.76. The summed E-state index contributed by atoms with van der Waals surface area (Å²) in [6.07, 6.45) is -3.96. The van der Waals surface area contributed by atoms with Gasteiger partial charge in [0.2, 0.25) is 0 Å². The van der Waals surface area contributed by atoms with Crippen molar-refractivity contribution in [3.63, 3.8) is 0 Å². The predicted molar refractivity (Wildman–Crippen MR) is 52.5 cm³/mol. The van der Waals surface area contributed by atoms with Crippen molar-refractivity contribution in [2.75, 3.05) is 7.11 Å². The molecule has 0 spiro atoms. The minimum atomic E-state index is -4.72. The van der Waals surface area contributed by atoms with E-state index in [0.717, 1.165) is 13.2 Å². The highest BCUT2D eigenvalue weighted by atomic mass is 19.4. The normalized spacial score (nSPS) is 12.4. The third-order valence-corrected chi connectivity index (χ3v) is 1.82. The van der Waals surface area contributed by atoms with Crippen LogP contribution in [0.3, 0.4) is 0 Å². The number of carbonyl (C=O) groups excluding carboxylic acids is 1. The average Bonchev–Trinajstić information content (AvgIpc) is 2.25.